The maximum atomic E-state index is 13.0. The van der Waals surface area contributed by atoms with Crippen molar-refractivity contribution in [2.24, 2.45) is 0 Å². The summed E-state index contributed by atoms with van der Waals surface area (Å²) in [5, 5.41) is 2.34. The van der Waals surface area contributed by atoms with Crippen LogP contribution in [0.5, 0.6) is 0 Å². The van der Waals surface area contributed by atoms with Gasteiger partial charge in [0, 0.05) is 5.38 Å². The molecule has 1 aromatic heterocycles. The predicted octanol–water partition coefficient (Wildman–Crippen LogP) is 3.83. The number of nitrogens with zero attached hydrogens (tertiary/aromatic N) is 1. The minimum atomic E-state index is -0.968. The first-order valence-electron chi connectivity index (χ1n) is 4.60. The molecule has 0 amide bonds. The summed E-state index contributed by atoms with van der Waals surface area (Å²) < 4.78 is 25.8. The summed E-state index contributed by atoms with van der Waals surface area (Å²) >= 11 is 7.07. The van der Waals surface area contributed by atoms with E-state index in [0.717, 1.165) is 12.1 Å². The summed E-state index contributed by atoms with van der Waals surface area (Å²) in [7, 11) is 0. The molecule has 1 aromatic carbocycles. The molecule has 1 heterocycles. The Morgan fingerprint density at radius 3 is 2.59 bits per heavy atom. The third-order valence-corrected chi connectivity index (χ3v) is 3.03. The van der Waals surface area contributed by atoms with Gasteiger partial charge in [-0.25, -0.2) is 13.8 Å². The average molecular weight is 273 g/mol. The van der Waals surface area contributed by atoms with Gasteiger partial charge >= 0.3 is 0 Å². The second-order valence-corrected chi connectivity index (χ2v) is 4.53. The highest BCUT2D eigenvalue weighted by molar-refractivity contribution is 7.13. The van der Waals surface area contributed by atoms with Crippen molar-refractivity contribution < 1.29 is 8.78 Å². The Morgan fingerprint density at radius 2 is 1.94 bits per heavy atom. The Hall–Kier alpha value is -1.46. The summed E-state index contributed by atoms with van der Waals surface area (Å²) in [6, 6.07) is 1.97. The van der Waals surface area contributed by atoms with Crippen LogP contribution >= 0.6 is 22.9 Å². The molecule has 0 atom stereocenters. The quantitative estimate of drug-likeness (QED) is 0.844. The first-order chi connectivity index (χ1) is 8.06. The lowest BCUT2D eigenvalue weighted by molar-refractivity contribution is 0.508. The van der Waals surface area contributed by atoms with Crippen LogP contribution in [0.1, 0.15) is 11.3 Å². The van der Waals surface area contributed by atoms with E-state index in [0.29, 0.717) is 16.4 Å². The molecule has 0 radical (unpaired) electrons. The van der Waals surface area contributed by atoms with Gasteiger partial charge < -0.3 is 5.73 Å². The molecule has 2 rings (SSSR count). The first-order valence-corrected chi connectivity index (χ1v) is 5.85. The zero-order chi connectivity index (χ0) is 12.4. The lowest BCUT2D eigenvalue weighted by Gasteiger charge is -1.99. The molecule has 0 spiro atoms. The number of anilines is 1. The van der Waals surface area contributed by atoms with Crippen molar-refractivity contribution in [1.82, 2.24) is 4.98 Å². The Kier molecular flexibility index (Phi) is 3.40. The lowest BCUT2D eigenvalue weighted by Crippen LogP contribution is -1.86. The molecular formula is C11H7ClF2N2S. The van der Waals surface area contributed by atoms with Crippen molar-refractivity contribution >= 4 is 40.2 Å². The standard InChI is InChI=1S/C11H7ClF2N2S/c12-8-4-10(14)9(13)3-6(8)1-2-7-5-17-11(15)16-7/h1-5H,(H2,15,16)/b2-1+. The molecule has 2 nitrogen and oxygen atoms in total. The van der Waals surface area contributed by atoms with Crippen molar-refractivity contribution in [3.63, 3.8) is 0 Å². The van der Waals surface area contributed by atoms with Gasteiger partial charge in [0.05, 0.1) is 10.7 Å². The third-order valence-electron chi connectivity index (χ3n) is 2.01. The van der Waals surface area contributed by atoms with Gasteiger partial charge in [-0.1, -0.05) is 17.7 Å². The van der Waals surface area contributed by atoms with Gasteiger partial charge in [-0.3, -0.25) is 0 Å². The molecule has 0 aliphatic carbocycles. The van der Waals surface area contributed by atoms with Crippen LogP contribution in [0.25, 0.3) is 12.2 Å². The molecule has 2 N–H and O–H groups in total. The fraction of sp³-hybridized carbons (Fsp3) is 0. The van der Waals surface area contributed by atoms with Crippen LogP contribution in [-0.2, 0) is 0 Å². The molecule has 17 heavy (non-hydrogen) atoms. The largest absolute Gasteiger partial charge is 0.375 e. The summed E-state index contributed by atoms with van der Waals surface area (Å²) in [6.07, 6.45) is 3.19. The SMILES string of the molecule is Nc1nc(/C=C/c2cc(F)c(F)cc2Cl)cs1. The molecular weight excluding hydrogens is 266 g/mol. The van der Waals surface area contributed by atoms with Gasteiger partial charge in [-0.05, 0) is 23.8 Å². The van der Waals surface area contributed by atoms with Crippen LogP contribution in [0, 0.1) is 11.6 Å². The number of nitrogen functional groups attached to an aromatic ring is 1. The number of rotatable bonds is 2. The van der Waals surface area contributed by atoms with Crippen LogP contribution in [-0.4, -0.2) is 4.98 Å². The minimum Gasteiger partial charge on any atom is -0.375 e. The van der Waals surface area contributed by atoms with Crippen molar-refractivity contribution in [1.29, 1.82) is 0 Å². The molecule has 2 aromatic rings. The Bertz CT molecular complexity index is 581. The average Bonchev–Trinajstić information content (AvgIpc) is 2.68. The van der Waals surface area contributed by atoms with Crippen LogP contribution in [0.4, 0.5) is 13.9 Å². The van der Waals surface area contributed by atoms with E-state index in [9.17, 15) is 8.78 Å². The van der Waals surface area contributed by atoms with Gasteiger partial charge in [0.1, 0.15) is 0 Å². The molecule has 0 unspecified atom stereocenters. The highest BCUT2D eigenvalue weighted by Gasteiger charge is 2.06. The third kappa shape index (κ3) is 2.81. The summed E-state index contributed by atoms with van der Waals surface area (Å²) in [5.41, 5.74) is 6.49. The van der Waals surface area contributed by atoms with Crippen LogP contribution in [0.2, 0.25) is 5.02 Å². The Labute approximate surface area is 105 Å². The number of hydrogen-bond acceptors (Lipinski definition) is 3. The van der Waals surface area contributed by atoms with Crippen molar-refractivity contribution in [2.45, 2.75) is 0 Å². The number of halogens is 3. The molecule has 0 saturated heterocycles. The number of thiazole rings is 1. The fourth-order valence-electron chi connectivity index (χ4n) is 1.22. The normalized spacial score (nSPS) is 11.2. The molecule has 0 saturated carbocycles. The van der Waals surface area contributed by atoms with Crippen LogP contribution in [0.3, 0.4) is 0 Å². The van der Waals surface area contributed by atoms with Crippen molar-refractivity contribution in [2.75, 3.05) is 5.73 Å². The smallest absolute Gasteiger partial charge is 0.180 e. The van der Waals surface area contributed by atoms with Gasteiger partial charge in [0.2, 0.25) is 0 Å². The summed E-state index contributed by atoms with van der Waals surface area (Å²) in [4.78, 5) is 3.99. The van der Waals surface area contributed by atoms with Gasteiger partial charge in [-0.15, -0.1) is 11.3 Å². The molecule has 0 bridgehead atoms. The zero-order valence-electron chi connectivity index (χ0n) is 8.45. The van der Waals surface area contributed by atoms with E-state index >= 15 is 0 Å². The van der Waals surface area contributed by atoms with E-state index < -0.39 is 11.6 Å². The van der Waals surface area contributed by atoms with Crippen molar-refractivity contribution in [3.8, 4) is 0 Å². The number of benzene rings is 1. The predicted molar refractivity (Wildman–Crippen MR) is 66.8 cm³/mol. The highest BCUT2D eigenvalue weighted by Crippen LogP contribution is 2.22. The number of nitrogens with two attached hydrogens (primary N) is 1. The Morgan fingerprint density at radius 1 is 1.24 bits per heavy atom. The molecule has 0 aliphatic rings. The fourth-order valence-corrected chi connectivity index (χ4v) is 1.96. The second-order valence-electron chi connectivity index (χ2n) is 3.23. The van der Waals surface area contributed by atoms with Crippen LogP contribution in [0.15, 0.2) is 17.5 Å². The number of aromatic nitrogens is 1. The molecule has 6 heteroatoms. The molecule has 0 aliphatic heterocycles. The van der Waals surface area contributed by atoms with Crippen LogP contribution < -0.4 is 5.73 Å². The van der Waals surface area contributed by atoms with E-state index in [-0.39, 0.29) is 5.02 Å². The van der Waals surface area contributed by atoms with E-state index in [1.54, 1.807) is 17.5 Å². The summed E-state index contributed by atoms with van der Waals surface area (Å²) in [6.45, 7) is 0. The lowest BCUT2D eigenvalue weighted by atomic mass is 10.2. The summed E-state index contributed by atoms with van der Waals surface area (Å²) in [5.74, 6) is -1.91. The van der Waals surface area contributed by atoms with Gasteiger partial charge in [0.15, 0.2) is 16.8 Å². The Balaban J connectivity index is 2.30. The minimum absolute atomic E-state index is 0.142. The van der Waals surface area contributed by atoms with Gasteiger partial charge in [0.25, 0.3) is 0 Å². The van der Waals surface area contributed by atoms with E-state index in [4.69, 9.17) is 17.3 Å². The van der Waals surface area contributed by atoms with Gasteiger partial charge in [-0.2, -0.15) is 0 Å². The first kappa shape index (κ1) is 12.0. The monoisotopic (exact) mass is 272 g/mol. The van der Waals surface area contributed by atoms with E-state index in [1.165, 1.54) is 11.3 Å². The highest BCUT2D eigenvalue weighted by atomic mass is 35.5. The van der Waals surface area contributed by atoms with Crippen molar-refractivity contribution in [3.05, 3.63) is 45.4 Å². The zero-order valence-corrected chi connectivity index (χ0v) is 10.0. The topological polar surface area (TPSA) is 38.9 Å². The molecule has 88 valence electrons. The second kappa shape index (κ2) is 4.81. The molecule has 0 fully saturated rings. The number of hydrogen-bond donors (Lipinski definition) is 1. The maximum Gasteiger partial charge on any atom is 0.180 e. The maximum absolute atomic E-state index is 13.0. The van der Waals surface area contributed by atoms with E-state index in [2.05, 4.69) is 4.98 Å². The van der Waals surface area contributed by atoms with E-state index in [1.807, 2.05) is 0 Å².